The fourth-order valence-corrected chi connectivity index (χ4v) is 2.73. The second kappa shape index (κ2) is 5.48. The standard InChI is InChI=1S/C14H13ClOS/c1-10(16)14-8-12(9-17-14)6-5-11-3-2-4-13(15)7-11/h2-4,7-9H,5-6H2,1H3. The zero-order valence-electron chi connectivity index (χ0n) is 9.57. The molecule has 2 rings (SSSR count). The van der Waals surface area contributed by atoms with Crippen LogP contribution in [-0.4, -0.2) is 5.78 Å². The Morgan fingerprint density at radius 2 is 2.00 bits per heavy atom. The van der Waals surface area contributed by atoms with Crippen LogP contribution in [0.25, 0.3) is 0 Å². The number of benzene rings is 1. The summed E-state index contributed by atoms with van der Waals surface area (Å²) in [5, 5.41) is 2.83. The maximum Gasteiger partial charge on any atom is 0.169 e. The quantitative estimate of drug-likeness (QED) is 0.749. The van der Waals surface area contributed by atoms with E-state index < -0.39 is 0 Å². The van der Waals surface area contributed by atoms with Gasteiger partial charge in [-0.3, -0.25) is 4.79 Å². The normalized spacial score (nSPS) is 10.5. The number of Topliss-reactive ketones (excluding diaryl/α,β-unsaturated/α-hetero) is 1. The van der Waals surface area contributed by atoms with E-state index in [9.17, 15) is 4.79 Å². The molecule has 2 aromatic rings. The average Bonchev–Trinajstić information content (AvgIpc) is 2.75. The van der Waals surface area contributed by atoms with Gasteiger partial charge in [-0.1, -0.05) is 23.7 Å². The Labute approximate surface area is 110 Å². The number of aryl methyl sites for hydroxylation is 2. The van der Waals surface area contributed by atoms with E-state index in [4.69, 9.17) is 11.6 Å². The van der Waals surface area contributed by atoms with Crippen molar-refractivity contribution in [2.45, 2.75) is 19.8 Å². The molecule has 1 aromatic heterocycles. The van der Waals surface area contributed by atoms with Crippen LogP contribution in [0.1, 0.15) is 27.7 Å². The van der Waals surface area contributed by atoms with Crippen molar-refractivity contribution < 1.29 is 4.79 Å². The fraction of sp³-hybridized carbons (Fsp3) is 0.214. The lowest BCUT2D eigenvalue weighted by atomic mass is 10.1. The summed E-state index contributed by atoms with van der Waals surface area (Å²) in [5.74, 6) is 0.143. The number of hydrogen-bond acceptors (Lipinski definition) is 2. The van der Waals surface area contributed by atoms with Crippen LogP contribution >= 0.6 is 22.9 Å². The lowest BCUT2D eigenvalue weighted by Crippen LogP contribution is -1.90. The van der Waals surface area contributed by atoms with Crippen LogP contribution in [0.5, 0.6) is 0 Å². The predicted octanol–water partition coefficient (Wildman–Crippen LogP) is 4.39. The summed E-state index contributed by atoms with van der Waals surface area (Å²) in [6.07, 6.45) is 1.90. The number of halogens is 1. The first-order valence-electron chi connectivity index (χ1n) is 5.48. The van der Waals surface area contributed by atoms with Gasteiger partial charge in [-0.2, -0.15) is 0 Å². The Balaban J connectivity index is 2.00. The monoisotopic (exact) mass is 264 g/mol. The van der Waals surface area contributed by atoms with Gasteiger partial charge in [-0.25, -0.2) is 0 Å². The summed E-state index contributed by atoms with van der Waals surface area (Å²) in [7, 11) is 0. The smallest absolute Gasteiger partial charge is 0.169 e. The minimum Gasteiger partial charge on any atom is -0.294 e. The minimum atomic E-state index is 0.143. The molecule has 0 bridgehead atoms. The van der Waals surface area contributed by atoms with E-state index in [1.165, 1.54) is 22.5 Å². The van der Waals surface area contributed by atoms with E-state index in [1.807, 2.05) is 24.3 Å². The van der Waals surface area contributed by atoms with E-state index in [2.05, 4.69) is 11.4 Å². The van der Waals surface area contributed by atoms with Crippen LogP contribution in [0, 0.1) is 0 Å². The van der Waals surface area contributed by atoms with Gasteiger partial charge in [0.2, 0.25) is 0 Å². The van der Waals surface area contributed by atoms with Gasteiger partial charge in [-0.15, -0.1) is 11.3 Å². The molecule has 0 radical (unpaired) electrons. The molecule has 0 aliphatic rings. The van der Waals surface area contributed by atoms with E-state index in [1.54, 1.807) is 6.92 Å². The zero-order chi connectivity index (χ0) is 12.3. The average molecular weight is 265 g/mol. The lowest BCUT2D eigenvalue weighted by Gasteiger charge is -2.00. The molecule has 0 aliphatic carbocycles. The highest BCUT2D eigenvalue weighted by molar-refractivity contribution is 7.12. The van der Waals surface area contributed by atoms with E-state index in [0.29, 0.717) is 0 Å². The molecule has 3 heteroatoms. The third kappa shape index (κ3) is 3.42. The van der Waals surface area contributed by atoms with Crippen LogP contribution in [0.4, 0.5) is 0 Å². The maximum absolute atomic E-state index is 11.2. The van der Waals surface area contributed by atoms with Crippen molar-refractivity contribution in [2.24, 2.45) is 0 Å². The Kier molecular flexibility index (Phi) is 3.97. The highest BCUT2D eigenvalue weighted by Crippen LogP contribution is 2.18. The summed E-state index contributed by atoms with van der Waals surface area (Å²) in [6, 6.07) is 9.89. The Morgan fingerprint density at radius 3 is 2.65 bits per heavy atom. The topological polar surface area (TPSA) is 17.1 Å². The second-order valence-electron chi connectivity index (χ2n) is 4.01. The number of rotatable bonds is 4. The van der Waals surface area contributed by atoms with Crippen molar-refractivity contribution in [1.82, 2.24) is 0 Å². The Hall–Kier alpha value is -1.12. The van der Waals surface area contributed by atoms with Crippen molar-refractivity contribution in [3.8, 4) is 0 Å². The highest BCUT2D eigenvalue weighted by Gasteiger charge is 2.04. The summed E-state index contributed by atoms with van der Waals surface area (Å²) in [6.45, 7) is 1.60. The molecule has 0 atom stereocenters. The summed E-state index contributed by atoms with van der Waals surface area (Å²) in [4.78, 5) is 12.0. The SMILES string of the molecule is CC(=O)c1cc(CCc2cccc(Cl)c2)cs1. The molecule has 0 amide bonds. The van der Waals surface area contributed by atoms with Gasteiger partial charge in [-0.05, 0) is 54.5 Å². The van der Waals surface area contributed by atoms with Gasteiger partial charge < -0.3 is 0 Å². The van der Waals surface area contributed by atoms with Crippen molar-refractivity contribution >= 4 is 28.7 Å². The summed E-state index contributed by atoms with van der Waals surface area (Å²) in [5.41, 5.74) is 2.45. The molecule has 0 spiro atoms. The summed E-state index contributed by atoms with van der Waals surface area (Å²) < 4.78 is 0. The molecule has 0 aliphatic heterocycles. The van der Waals surface area contributed by atoms with Gasteiger partial charge >= 0.3 is 0 Å². The van der Waals surface area contributed by atoms with Crippen molar-refractivity contribution in [3.63, 3.8) is 0 Å². The molecule has 0 N–H and O–H groups in total. The number of ketones is 1. The predicted molar refractivity (Wildman–Crippen MR) is 73.2 cm³/mol. The van der Waals surface area contributed by atoms with Gasteiger partial charge in [0.15, 0.2) is 5.78 Å². The maximum atomic E-state index is 11.2. The number of thiophene rings is 1. The van der Waals surface area contributed by atoms with Crippen molar-refractivity contribution in [1.29, 1.82) is 0 Å². The van der Waals surface area contributed by atoms with Crippen LogP contribution in [-0.2, 0) is 12.8 Å². The van der Waals surface area contributed by atoms with Crippen LogP contribution < -0.4 is 0 Å². The van der Waals surface area contributed by atoms with Gasteiger partial charge in [0.25, 0.3) is 0 Å². The molecular formula is C14H13ClOS. The molecule has 0 unspecified atom stereocenters. The molecule has 0 fully saturated rings. The van der Waals surface area contributed by atoms with Crippen LogP contribution in [0.3, 0.4) is 0 Å². The van der Waals surface area contributed by atoms with Crippen LogP contribution in [0.15, 0.2) is 35.7 Å². The zero-order valence-corrected chi connectivity index (χ0v) is 11.1. The lowest BCUT2D eigenvalue weighted by molar-refractivity contribution is 0.102. The molecule has 88 valence electrons. The molecule has 0 saturated carbocycles. The third-order valence-electron chi connectivity index (χ3n) is 2.59. The third-order valence-corrected chi connectivity index (χ3v) is 3.91. The minimum absolute atomic E-state index is 0.143. The number of carbonyl (C=O) groups is 1. The molecule has 1 nitrogen and oxygen atoms in total. The second-order valence-corrected chi connectivity index (χ2v) is 5.35. The van der Waals surface area contributed by atoms with E-state index >= 15 is 0 Å². The van der Waals surface area contributed by atoms with Crippen LogP contribution in [0.2, 0.25) is 5.02 Å². The Morgan fingerprint density at radius 1 is 1.24 bits per heavy atom. The highest BCUT2D eigenvalue weighted by atomic mass is 35.5. The molecule has 17 heavy (non-hydrogen) atoms. The molecule has 1 heterocycles. The van der Waals surface area contributed by atoms with Gasteiger partial charge in [0.05, 0.1) is 4.88 Å². The number of carbonyl (C=O) groups excluding carboxylic acids is 1. The molecular weight excluding hydrogens is 252 g/mol. The summed E-state index contributed by atoms with van der Waals surface area (Å²) >= 11 is 7.45. The van der Waals surface area contributed by atoms with Gasteiger partial charge in [0.1, 0.15) is 0 Å². The van der Waals surface area contributed by atoms with Crippen molar-refractivity contribution in [3.05, 3.63) is 56.7 Å². The largest absolute Gasteiger partial charge is 0.294 e. The first-order chi connectivity index (χ1) is 8.15. The first kappa shape index (κ1) is 12.3. The fourth-order valence-electron chi connectivity index (χ4n) is 1.67. The Bertz CT molecular complexity index is 531. The van der Waals surface area contributed by atoms with E-state index in [0.717, 1.165) is 22.7 Å². The van der Waals surface area contributed by atoms with E-state index in [-0.39, 0.29) is 5.78 Å². The number of hydrogen-bond donors (Lipinski definition) is 0. The first-order valence-corrected chi connectivity index (χ1v) is 6.74. The van der Waals surface area contributed by atoms with Crippen molar-refractivity contribution in [2.75, 3.05) is 0 Å². The molecule has 0 saturated heterocycles. The molecule has 1 aromatic carbocycles. The van der Waals surface area contributed by atoms with Gasteiger partial charge in [0, 0.05) is 5.02 Å².